The average Bonchev–Trinajstić information content (AvgIpc) is 3.00. The van der Waals surface area contributed by atoms with Crippen molar-refractivity contribution in [1.82, 2.24) is 9.13 Å². The van der Waals surface area contributed by atoms with Gasteiger partial charge in [0.25, 0.3) is 5.56 Å². The fourth-order valence-electron chi connectivity index (χ4n) is 2.86. The Morgan fingerprint density at radius 3 is 2.56 bits per heavy atom. The molecule has 3 rings (SSSR count). The zero-order chi connectivity index (χ0) is 18.1. The summed E-state index contributed by atoms with van der Waals surface area (Å²) in [6.45, 7) is -0.0780. The molecule has 1 amide bonds. The lowest BCUT2D eigenvalue weighted by Crippen LogP contribution is -2.44. The number of rotatable bonds is 3. The first-order valence-corrected chi connectivity index (χ1v) is 8.19. The summed E-state index contributed by atoms with van der Waals surface area (Å²) in [5, 5.41) is 12.4. The van der Waals surface area contributed by atoms with Gasteiger partial charge in [-0.25, -0.2) is 9.36 Å². The quantitative estimate of drug-likeness (QED) is 0.879. The van der Waals surface area contributed by atoms with Gasteiger partial charge in [0.15, 0.2) is 0 Å². The van der Waals surface area contributed by atoms with Gasteiger partial charge in [0.05, 0.1) is 0 Å². The second kappa shape index (κ2) is 6.75. The zero-order valence-corrected chi connectivity index (χ0v) is 14.4. The van der Waals surface area contributed by atoms with Crippen LogP contribution < -0.4 is 16.6 Å². The number of hydrogen-bond donors (Lipinski definition) is 1. The molecule has 1 aliphatic heterocycles. The van der Waals surface area contributed by atoms with Crippen molar-refractivity contribution in [3.05, 3.63) is 60.3 Å². The fourth-order valence-corrected chi connectivity index (χ4v) is 3.38. The number of halogens is 2. The van der Waals surface area contributed by atoms with Crippen LogP contribution in [-0.2, 0) is 24.3 Å². The second-order valence-electron chi connectivity index (χ2n) is 5.57. The molecule has 1 aromatic heterocycles. The van der Waals surface area contributed by atoms with E-state index in [1.165, 1.54) is 22.8 Å². The van der Waals surface area contributed by atoms with Crippen LogP contribution in [0.15, 0.2) is 27.8 Å². The summed E-state index contributed by atoms with van der Waals surface area (Å²) in [7, 11) is 0. The van der Waals surface area contributed by atoms with E-state index in [0.29, 0.717) is 40.8 Å². The molecule has 0 spiro atoms. The summed E-state index contributed by atoms with van der Waals surface area (Å²) in [5.74, 6) is -0.597. The lowest BCUT2D eigenvalue weighted by molar-refractivity contribution is -0.116. The van der Waals surface area contributed by atoms with E-state index in [1.807, 2.05) is 6.07 Å². The molecule has 0 radical (unpaired) electrons. The van der Waals surface area contributed by atoms with Gasteiger partial charge in [-0.05, 0) is 31.0 Å². The maximum Gasteiger partial charge on any atom is 0.331 e. The highest BCUT2D eigenvalue weighted by molar-refractivity contribution is 6.35. The highest BCUT2D eigenvalue weighted by Crippen LogP contribution is 2.22. The molecule has 0 bridgehead atoms. The molecule has 7 nitrogen and oxygen atoms in total. The number of anilines is 1. The minimum atomic E-state index is -0.750. The number of hydrogen-bond acceptors (Lipinski definition) is 4. The number of benzene rings is 1. The van der Waals surface area contributed by atoms with Crippen LogP contribution >= 0.6 is 23.2 Å². The van der Waals surface area contributed by atoms with Crippen LogP contribution in [0.5, 0.6) is 0 Å². The van der Waals surface area contributed by atoms with Crippen molar-refractivity contribution in [2.45, 2.75) is 25.9 Å². The van der Waals surface area contributed by atoms with Crippen LogP contribution in [0.2, 0.25) is 10.0 Å². The van der Waals surface area contributed by atoms with Crippen molar-refractivity contribution in [2.75, 3.05) is 5.32 Å². The van der Waals surface area contributed by atoms with Gasteiger partial charge >= 0.3 is 5.69 Å². The molecule has 2 aromatic rings. The van der Waals surface area contributed by atoms with Crippen LogP contribution in [0.4, 0.5) is 5.69 Å². The Bertz CT molecular complexity index is 1010. The minimum Gasteiger partial charge on any atom is -0.324 e. The predicted octanol–water partition coefficient (Wildman–Crippen LogP) is 1.77. The summed E-state index contributed by atoms with van der Waals surface area (Å²) in [6.07, 6.45) is 1.18. The maximum atomic E-state index is 12.4. The van der Waals surface area contributed by atoms with Crippen LogP contribution in [-0.4, -0.2) is 15.0 Å². The number of nitriles is 1. The Morgan fingerprint density at radius 1 is 1.24 bits per heavy atom. The number of amides is 1. The SMILES string of the molecule is N#Cc1c2n(c(=O)n(CC(=O)Nc3cc(Cl)cc(Cl)c3)c1=O)CCC2. The van der Waals surface area contributed by atoms with Crippen molar-refractivity contribution in [3.8, 4) is 6.07 Å². The first-order chi connectivity index (χ1) is 11.9. The Labute approximate surface area is 152 Å². The molecule has 0 atom stereocenters. The molecule has 0 unspecified atom stereocenters. The average molecular weight is 379 g/mol. The van der Waals surface area contributed by atoms with E-state index >= 15 is 0 Å². The fraction of sp³-hybridized carbons (Fsp3) is 0.250. The van der Waals surface area contributed by atoms with E-state index < -0.39 is 23.7 Å². The minimum absolute atomic E-state index is 0.0873. The molecule has 1 aliphatic rings. The van der Waals surface area contributed by atoms with Gasteiger partial charge < -0.3 is 5.32 Å². The molecule has 2 heterocycles. The van der Waals surface area contributed by atoms with Gasteiger partial charge in [0, 0.05) is 28.0 Å². The van der Waals surface area contributed by atoms with Crippen LogP contribution in [0, 0.1) is 11.3 Å². The monoisotopic (exact) mass is 378 g/mol. The molecular formula is C16H12Cl2N4O3. The standard InChI is InChI=1S/C16H12Cl2N4O3/c17-9-4-10(18)6-11(5-9)20-14(23)8-22-15(24)12(7-19)13-2-1-3-21(13)16(22)25/h4-6H,1-3,8H2,(H,20,23). The predicted molar refractivity (Wildman–Crippen MR) is 93.1 cm³/mol. The highest BCUT2D eigenvalue weighted by Gasteiger charge is 2.23. The van der Waals surface area contributed by atoms with Gasteiger partial charge in [0.2, 0.25) is 5.91 Å². The highest BCUT2D eigenvalue weighted by atomic mass is 35.5. The van der Waals surface area contributed by atoms with Crippen molar-refractivity contribution >= 4 is 34.8 Å². The molecule has 128 valence electrons. The number of fused-ring (bicyclic) bond motifs is 1. The maximum absolute atomic E-state index is 12.4. The first-order valence-electron chi connectivity index (χ1n) is 7.43. The third-order valence-electron chi connectivity index (χ3n) is 3.89. The van der Waals surface area contributed by atoms with E-state index in [-0.39, 0.29) is 5.56 Å². The van der Waals surface area contributed by atoms with Crippen molar-refractivity contribution in [3.63, 3.8) is 0 Å². The summed E-state index contributed by atoms with van der Waals surface area (Å²) >= 11 is 11.7. The second-order valence-corrected chi connectivity index (χ2v) is 6.44. The van der Waals surface area contributed by atoms with E-state index in [0.717, 1.165) is 4.57 Å². The molecule has 25 heavy (non-hydrogen) atoms. The smallest absolute Gasteiger partial charge is 0.324 e. The van der Waals surface area contributed by atoms with Crippen molar-refractivity contribution < 1.29 is 4.79 Å². The number of carbonyl (C=O) groups is 1. The van der Waals surface area contributed by atoms with Crippen molar-refractivity contribution in [2.24, 2.45) is 0 Å². The molecule has 1 N–H and O–H groups in total. The number of carbonyl (C=O) groups excluding carboxylic acids is 1. The molecule has 1 aromatic carbocycles. The van der Waals surface area contributed by atoms with E-state index in [1.54, 1.807) is 0 Å². The molecule has 0 saturated heterocycles. The Hall–Kier alpha value is -2.56. The number of nitrogens with zero attached hydrogens (tertiary/aromatic N) is 3. The molecule has 0 saturated carbocycles. The third-order valence-corrected chi connectivity index (χ3v) is 4.33. The van der Waals surface area contributed by atoms with Crippen LogP contribution in [0.1, 0.15) is 17.7 Å². The van der Waals surface area contributed by atoms with E-state index in [4.69, 9.17) is 23.2 Å². The first kappa shape index (κ1) is 17.3. The van der Waals surface area contributed by atoms with Crippen molar-refractivity contribution in [1.29, 1.82) is 5.26 Å². The Balaban J connectivity index is 1.93. The summed E-state index contributed by atoms with van der Waals surface area (Å²) < 4.78 is 2.15. The molecular weight excluding hydrogens is 367 g/mol. The van der Waals surface area contributed by atoms with Gasteiger partial charge in [-0.15, -0.1) is 0 Å². The van der Waals surface area contributed by atoms with Crippen LogP contribution in [0.3, 0.4) is 0 Å². The summed E-state index contributed by atoms with van der Waals surface area (Å²) in [4.78, 5) is 37.0. The van der Waals surface area contributed by atoms with Gasteiger partial charge in [-0.2, -0.15) is 5.26 Å². The Morgan fingerprint density at radius 2 is 1.92 bits per heavy atom. The van der Waals surface area contributed by atoms with Gasteiger partial charge in [-0.3, -0.25) is 14.2 Å². The Kier molecular flexibility index (Phi) is 4.66. The number of aromatic nitrogens is 2. The van der Waals surface area contributed by atoms with Crippen LogP contribution in [0.25, 0.3) is 0 Å². The number of nitrogens with one attached hydrogen (secondary N) is 1. The third kappa shape index (κ3) is 3.31. The van der Waals surface area contributed by atoms with E-state index in [9.17, 15) is 19.6 Å². The molecule has 0 fully saturated rings. The molecule has 9 heteroatoms. The lowest BCUT2D eigenvalue weighted by Gasteiger charge is -2.11. The van der Waals surface area contributed by atoms with Gasteiger partial charge in [0.1, 0.15) is 18.2 Å². The topological polar surface area (TPSA) is 96.9 Å². The zero-order valence-electron chi connectivity index (χ0n) is 12.9. The normalized spacial score (nSPS) is 12.5. The molecule has 0 aliphatic carbocycles. The van der Waals surface area contributed by atoms with Gasteiger partial charge in [-0.1, -0.05) is 23.2 Å². The summed E-state index contributed by atoms with van der Waals surface area (Å²) in [6, 6.07) is 6.33. The van der Waals surface area contributed by atoms with E-state index in [2.05, 4.69) is 5.32 Å². The largest absolute Gasteiger partial charge is 0.331 e. The lowest BCUT2D eigenvalue weighted by atomic mass is 10.2. The summed E-state index contributed by atoms with van der Waals surface area (Å²) in [5.41, 5.74) is -0.639.